The van der Waals surface area contributed by atoms with Crippen LogP contribution in [0.15, 0.2) is 0 Å². The summed E-state index contributed by atoms with van der Waals surface area (Å²) in [7, 11) is 0. The molecule has 2 heterocycles. The number of piperidine rings is 1. The molecule has 0 spiro atoms. The second kappa shape index (κ2) is 10.3. The van der Waals surface area contributed by atoms with E-state index in [-0.39, 0.29) is 36.3 Å². The van der Waals surface area contributed by atoms with Crippen LogP contribution in [-0.4, -0.2) is 102 Å². The van der Waals surface area contributed by atoms with E-state index in [2.05, 4.69) is 0 Å². The number of amides is 4. The lowest BCUT2D eigenvalue weighted by Gasteiger charge is -2.38. The summed E-state index contributed by atoms with van der Waals surface area (Å²) in [4.78, 5) is 54.8. The standard InChI is InChI=1S/C19H32N4O5/c1-4-28-19(27)22-8-5-17(6-9-22)23(16(3)25)10-7-18(26)21-13-11-20(12-14-21)15(2)24/h17H,4-14H2,1-3H3. The highest BCUT2D eigenvalue weighted by Crippen LogP contribution is 2.18. The van der Waals surface area contributed by atoms with Crippen LogP contribution in [0.5, 0.6) is 0 Å². The molecule has 0 bridgehead atoms. The van der Waals surface area contributed by atoms with Gasteiger partial charge in [0.25, 0.3) is 0 Å². The average Bonchev–Trinajstić information content (AvgIpc) is 2.68. The monoisotopic (exact) mass is 396 g/mol. The zero-order valence-electron chi connectivity index (χ0n) is 17.2. The Balaban J connectivity index is 1.80. The van der Waals surface area contributed by atoms with E-state index >= 15 is 0 Å². The van der Waals surface area contributed by atoms with Crippen LogP contribution >= 0.6 is 0 Å². The molecule has 0 aromatic heterocycles. The van der Waals surface area contributed by atoms with E-state index < -0.39 is 0 Å². The van der Waals surface area contributed by atoms with Crippen LogP contribution < -0.4 is 0 Å². The fraction of sp³-hybridized carbons (Fsp3) is 0.789. The van der Waals surface area contributed by atoms with E-state index in [1.54, 1.807) is 26.5 Å². The molecule has 28 heavy (non-hydrogen) atoms. The molecule has 2 rings (SSSR count). The van der Waals surface area contributed by atoms with Gasteiger partial charge in [0.1, 0.15) is 0 Å². The first-order valence-electron chi connectivity index (χ1n) is 10.1. The Hall–Kier alpha value is -2.32. The first kappa shape index (κ1) is 22.0. The van der Waals surface area contributed by atoms with E-state index in [4.69, 9.17) is 4.74 Å². The van der Waals surface area contributed by atoms with Crippen LogP contribution in [0, 0.1) is 0 Å². The molecule has 9 nitrogen and oxygen atoms in total. The molecule has 0 radical (unpaired) electrons. The second-order valence-corrected chi connectivity index (χ2v) is 7.27. The molecule has 0 atom stereocenters. The molecule has 4 amide bonds. The van der Waals surface area contributed by atoms with Gasteiger partial charge in [0.2, 0.25) is 17.7 Å². The molecule has 158 valence electrons. The highest BCUT2D eigenvalue weighted by Gasteiger charge is 2.30. The van der Waals surface area contributed by atoms with E-state index in [9.17, 15) is 19.2 Å². The molecule has 2 aliphatic heterocycles. The number of carbonyl (C=O) groups is 4. The van der Waals surface area contributed by atoms with Crippen molar-refractivity contribution in [1.82, 2.24) is 19.6 Å². The van der Waals surface area contributed by atoms with Gasteiger partial charge in [-0.05, 0) is 19.8 Å². The topological polar surface area (TPSA) is 90.5 Å². The Morgan fingerprint density at radius 2 is 1.46 bits per heavy atom. The highest BCUT2D eigenvalue weighted by molar-refractivity contribution is 5.79. The maximum atomic E-state index is 12.5. The predicted molar refractivity (Wildman–Crippen MR) is 102 cm³/mol. The van der Waals surface area contributed by atoms with Gasteiger partial charge < -0.3 is 24.3 Å². The molecule has 0 N–H and O–H groups in total. The first-order valence-corrected chi connectivity index (χ1v) is 10.1. The minimum atomic E-state index is -0.310. The molecule has 0 aliphatic carbocycles. The van der Waals surface area contributed by atoms with Crippen molar-refractivity contribution in [3.8, 4) is 0 Å². The third kappa shape index (κ3) is 5.84. The molecule has 0 unspecified atom stereocenters. The fourth-order valence-corrected chi connectivity index (χ4v) is 3.82. The second-order valence-electron chi connectivity index (χ2n) is 7.27. The summed E-state index contributed by atoms with van der Waals surface area (Å²) < 4.78 is 5.02. The molecule has 0 saturated carbocycles. The van der Waals surface area contributed by atoms with Crippen LogP contribution in [0.1, 0.15) is 40.0 Å². The van der Waals surface area contributed by atoms with Gasteiger partial charge in [0, 0.05) is 72.1 Å². The number of hydrogen-bond acceptors (Lipinski definition) is 5. The van der Waals surface area contributed by atoms with E-state index in [0.29, 0.717) is 65.3 Å². The first-order chi connectivity index (χ1) is 13.3. The molecule has 2 fully saturated rings. The van der Waals surface area contributed by atoms with E-state index in [0.717, 1.165) is 0 Å². The van der Waals surface area contributed by atoms with Crippen molar-refractivity contribution in [2.45, 2.75) is 46.1 Å². The lowest BCUT2D eigenvalue weighted by Crippen LogP contribution is -2.51. The van der Waals surface area contributed by atoms with Crippen LogP contribution in [-0.2, 0) is 19.1 Å². The summed E-state index contributed by atoms with van der Waals surface area (Å²) in [5.41, 5.74) is 0. The summed E-state index contributed by atoms with van der Waals surface area (Å²) in [5.74, 6) is -0.00814. The lowest BCUT2D eigenvalue weighted by atomic mass is 10.0. The number of nitrogens with zero attached hydrogens (tertiary/aromatic N) is 4. The smallest absolute Gasteiger partial charge is 0.409 e. The van der Waals surface area contributed by atoms with Gasteiger partial charge in [-0.2, -0.15) is 0 Å². The average molecular weight is 396 g/mol. The zero-order chi connectivity index (χ0) is 20.7. The Kier molecular flexibility index (Phi) is 8.07. The zero-order valence-corrected chi connectivity index (χ0v) is 17.2. The molecular formula is C19H32N4O5. The number of likely N-dealkylation sites (tertiary alicyclic amines) is 1. The van der Waals surface area contributed by atoms with E-state index in [1.807, 2.05) is 0 Å². The quantitative estimate of drug-likeness (QED) is 0.676. The van der Waals surface area contributed by atoms with Crippen molar-refractivity contribution in [2.24, 2.45) is 0 Å². The summed E-state index contributed by atoms with van der Waals surface area (Å²) in [6.07, 6.45) is 1.33. The van der Waals surface area contributed by atoms with Crippen LogP contribution in [0.3, 0.4) is 0 Å². The normalized spacial score (nSPS) is 18.0. The number of rotatable bonds is 5. The Morgan fingerprint density at radius 1 is 0.893 bits per heavy atom. The maximum absolute atomic E-state index is 12.5. The largest absolute Gasteiger partial charge is 0.450 e. The van der Waals surface area contributed by atoms with E-state index in [1.165, 1.54) is 13.8 Å². The summed E-state index contributed by atoms with van der Waals surface area (Å²) in [6.45, 7) is 8.86. The lowest BCUT2D eigenvalue weighted by molar-refractivity contribution is -0.140. The fourth-order valence-electron chi connectivity index (χ4n) is 3.82. The minimum absolute atomic E-state index is 0.0124. The van der Waals surface area contributed by atoms with Crippen molar-refractivity contribution in [3.63, 3.8) is 0 Å². The van der Waals surface area contributed by atoms with Crippen molar-refractivity contribution >= 4 is 23.8 Å². The third-order valence-electron chi connectivity index (χ3n) is 5.48. The van der Waals surface area contributed by atoms with Gasteiger partial charge in [-0.3, -0.25) is 14.4 Å². The predicted octanol–water partition coefficient (Wildman–Crippen LogP) is 0.537. The van der Waals surface area contributed by atoms with Crippen LogP contribution in [0.25, 0.3) is 0 Å². The van der Waals surface area contributed by atoms with Gasteiger partial charge in [-0.15, -0.1) is 0 Å². The molecule has 0 aromatic carbocycles. The summed E-state index contributed by atoms with van der Waals surface area (Å²) in [6, 6.07) is 0.0329. The number of piperazine rings is 1. The number of carbonyl (C=O) groups excluding carboxylic acids is 4. The number of hydrogen-bond donors (Lipinski definition) is 0. The molecule has 2 aliphatic rings. The van der Waals surface area contributed by atoms with Crippen molar-refractivity contribution in [1.29, 1.82) is 0 Å². The molecular weight excluding hydrogens is 364 g/mol. The number of ether oxygens (including phenoxy) is 1. The summed E-state index contributed by atoms with van der Waals surface area (Å²) >= 11 is 0. The maximum Gasteiger partial charge on any atom is 0.409 e. The molecule has 0 aromatic rings. The van der Waals surface area contributed by atoms with Crippen molar-refractivity contribution < 1.29 is 23.9 Å². The minimum Gasteiger partial charge on any atom is -0.450 e. The van der Waals surface area contributed by atoms with Gasteiger partial charge in [0.15, 0.2) is 0 Å². The van der Waals surface area contributed by atoms with Gasteiger partial charge in [0.05, 0.1) is 6.61 Å². The molecule has 9 heteroatoms. The van der Waals surface area contributed by atoms with Crippen molar-refractivity contribution in [2.75, 3.05) is 52.4 Å². The Bertz CT molecular complexity index is 581. The Labute approximate surface area is 166 Å². The van der Waals surface area contributed by atoms with Gasteiger partial charge >= 0.3 is 6.09 Å². The van der Waals surface area contributed by atoms with Crippen LogP contribution in [0.4, 0.5) is 4.79 Å². The SMILES string of the molecule is CCOC(=O)N1CCC(N(CCC(=O)N2CCN(C(C)=O)CC2)C(C)=O)CC1. The van der Waals surface area contributed by atoms with Crippen molar-refractivity contribution in [3.05, 3.63) is 0 Å². The Morgan fingerprint density at radius 3 is 1.96 bits per heavy atom. The molecule has 2 saturated heterocycles. The summed E-state index contributed by atoms with van der Waals surface area (Å²) in [5, 5.41) is 0. The highest BCUT2D eigenvalue weighted by atomic mass is 16.6. The van der Waals surface area contributed by atoms with Gasteiger partial charge in [-0.25, -0.2) is 4.79 Å². The van der Waals surface area contributed by atoms with Crippen LogP contribution in [0.2, 0.25) is 0 Å². The third-order valence-corrected chi connectivity index (χ3v) is 5.48. The van der Waals surface area contributed by atoms with Gasteiger partial charge in [-0.1, -0.05) is 0 Å².